The molecule has 1 amide bonds. The summed E-state index contributed by atoms with van der Waals surface area (Å²) >= 11 is 0. The zero-order chi connectivity index (χ0) is 16.2. The van der Waals surface area contributed by atoms with E-state index in [1.165, 1.54) is 12.8 Å². The van der Waals surface area contributed by atoms with Crippen molar-refractivity contribution < 1.29 is 14.6 Å². The van der Waals surface area contributed by atoms with E-state index < -0.39 is 0 Å². The first kappa shape index (κ1) is 16.3. The number of piperidine rings is 1. The average Bonchev–Trinajstić information content (AvgIpc) is 3.40. The van der Waals surface area contributed by atoms with E-state index in [0.29, 0.717) is 12.5 Å². The Morgan fingerprint density at radius 3 is 2.48 bits per heavy atom. The molecule has 1 unspecified atom stereocenters. The van der Waals surface area contributed by atoms with Crippen LogP contribution < -0.4 is 10.1 Å². The van der Waals surface area contributed by atoms with Crippen molar-refractivity contribution in [3.8, 4) is 5.75 Å². The third-order valence-corrected chi connectivity index (χ3v) is 4.81. The Hall–Kier alpha value is -1.59. The van der Waals surface area contributed by atoms with E-state index in [1.54, 1.807) is 7.11 Å². The van der Waals surface area contributed by atoms with Gasteiger partial charge in [0.1, 0.15) is 5.75 Å². The van der Waals surface area contributed by atoms with Gasteiger partial charge in [-0.05, 0) is 49.3 Å². The number of carbonyl (C=O) groups is 1. The Balaban J connectivity index is 1.57. The van der Waals surface area contributed by atoms with Crippen molar-refractivity contribution in [2.24, 2.45) is 5.92 Å². The first-order chi connectivity index (χ1) is 11.2. The van der Waals surface area contributed by atoms with Gasteiger partial charge in [0.15, 0.2) is 0 Å². The third-order valence-electron chi connectivity index (χ3n) is 4.81. The molecular formula is C18H26N2O3. The second-order valence-corrected chi connectivity index (χ2v) is 6.66. The minimum absolute atomic E-state index is 0.0779. The molecule has 2 fully saturated rings. The number of aliphatic hydroxyl groups is 1. The molecule has 1 aliphatic heterocycles. The number of nitrogens with one attached hydrogen (secondary N) is 1. The van der Waals surface area contributed by atoms with E-state index in [-0.39, 0.29) is 18.1 Å². The van der Waals surface area contributed by atoms with Gasteiger partial charge in [-0.2, -0.15) is 0 Å². The molecule has 1 heterocycles. The number of ether oxygens (including phenoxy) is 1. The maximum Gasteiger partial charge on any atom is 0.234 e. The molecule has 2 N–H and O–H groups in total. The van der Waals surface area contributed by atoms with Crippen LogP contribution in [0.3, 0.4) is 0 Å². The molecule has 1 saturated carbocycles. The number of methoxy groups -OCH3 is 1. The van der Waals surface area contributed by atoms with Crippen molar-refractivity contribution in [2.75, 3.05) is 26.7 Å². The highest BCUT2D eigenvalue weighted by Crippen LogP contribution is 2.41. The summed E-state index contributed by atoms with van der Waals surface area (Å²) in [7, 11) is 1.66. The lowest BCUT2D eigenvalue weighted by molar-refractivity contribution is -0.123. The summed E-state index contributed by atoms with van der Waals surface area (Å²) < 4.78 is 5.20. The number of hydrogen-bond acceptors (Lipinski definition) is 4. The fourth-order valence-corrected chi connectivity index (χ4v) is 3.21. The predicted octanol–water partition coefficient (Wildman–Crippen LogP) is 1.72. The van der Waals surface area contributed by atoms with Crippen LogP contribution in [-0.4, -0.2) is 48.8 Å². The SMILES string of the molecule is COc1ccc(C(NC(=O)CN2CCC(O)CC2)C2CC2)cc1. The number of hydrogen-bond donors (Lipinski definition) is 2. The van der Waals surface area contributed by atoms with E-state index in [2.05, 4.69) is 10.2 Å². The number of rotatable bonds is 6. The summed E-state index contributed by atoms with van der Waals surface area (Å²) in [5.41, 5.74) is 1.15. The van der Waals surface area contributed by atoms with Gasteiger partial charge < -0.3 is 15.2 Å². The molecule has 5 heteroatoms. The average molecular weight is 318 g/mol. The predicted molar refractivity (Wildman–Crippen MR) is 88.3 cm³/mol. The zero-order valence-corrected chi connectivity index (χ0v) is 13.7. The molecule has 5 nitrogen and oxygen atoms in total. The van der Waals surface area contributed by atoms with Crippen molar-refractivity contribution in [1.82, 2.24) is 10.2 Å². The molecule has 0 aromatic heterocycles. The molecule has 1 aromatic rings. The molecule has 0 radical (unpaired) electrons. The standard InChI is InChI=1S/C18H26N2O3/c1-23-16-6-4-14(5-7-16)18(13-2-3-13)19-17(22)12-20-10-8-15(21)9-11-20/h4-7,13,15,18,21H,2-3,8-12H2,1H3,(H,19,22). The lowest BCUT2D eigenvalue weighted by atomic mass is 10.0. The van der Waals surface area contributed by atoms with Gasteiger partial charge in [0.25, 0.3) is 0 Å². The van der Waals surface area contributed by atoms with Crippen LogP contribution in [-0.2, 0) is 4.79 Å². The smallest absolute Gasteiger partial charge is 0.234 e. The highest BCUT2D eigenvalue weighted by Gasteiger charge is 2.33. The molecule has 1 aromatic carbocycles. The van der Waals surface area contributed by atoms with Crippen LogP contribution >= 0.6 is 0 Å². The summed E-state index contributed by atoms with van der Waals surface area (Å²) in [6, 6.07) is 8.08. The fraction of sp³-hybridized carbons (Fsp3) is 0.611. The van der Waals surface area contributed by atoms with Gasteiger partial charge in [0, 0.05) is 13.1 Å². The minimum Gasteiger partial charge on any atom is -0.497 e. The van der Waals surface area contributed by atoms with Crippen LogP contribution in [0.2, 0.25) is 0 Å². The van der Waals surface area contributed by atoms with Gasteiger partial charge in [-0.25, -0.2) is 0 Å². The first-order valence-corrected chi connectivity index (χ1v) is 8.49. The van der Waals surface area contributed by atoms with E-state index in [9.17, 15) is 9.90 Å². The quantitative estimate of drug-likeness (QED) is 0.838. The fourth-order valence-electron chi connectivity index (χ4n) is 3.21. The van der Waals surface area contributed by atoms with Crippen molar-refractivity contribution in [3.63, 3.8) is 0 Å². The van der Waals surface area contributed by atoms with Crippen LogP contribution in [0, 0.1) is 5.92 Å². The van der Waals surface area contributed by atoms with Crippen LogP contribution in [0.25, 0.3) is 0 Å². The van der Waals surface area contributed by atoms with Crippen LogP contribution in [0.15, 0.2) is 24.3 Å². The van der Waals surface area contributed by atoms with E-state index in [1.807, 2.05) is 24.3 Å². The van der Waals surface area contributed by atoms with Gasteiger partial charge in [0.2, 0.25) is 5.91 Å². The van der Waals surface area contributed by atoms with Crippen LogP contribution in [0.5, 0.6) is 5.75 Å². The lowest BCUT2D eigenvalue weighted by Gasteiger charge is -2.29. The Morgan fingerprint density at radius 2 is 1.91 bits per heavy atom. The molecule has 1 aliphatic carbocycles. The van der Waals surface area contributed by atoms with Gasteiger partial charge in [0.05, 0.1) is 25.8 Å². The van der Waals surface area contributed by atoms with Gasteiger partial charge in [-0.1, -0.05) is 12.1 Å². The summed E-state index contributed by atoms with van der Waals surface area (Å²) in [5, 5.41) is 12.7. The number of nitrogens with zero attached hydrogens (tertiary/aromatic N) is 1. The molecule has 3 rings (SSSR count). The molecule has 23 heavy (non-hydrogen) atoms. The Labute approximate surface area is 137 Å². The topological polar surface area (TPSA) is 61.8 Å². The maximum absolute atomic E-state index is 12.4. The number of likely N-dealkylation sites (tertiary alicyclic amines) is 1. The normalized spacial score (nSPS) is 21.0. The Bertz CT molecular complexity index is 520. The van der Waals surface area contributed by atoms with Crippen molar-refractivity contribution in [1.29, 1.82) is 0 Å². The number of carbonyl (C=O) groups excluding carboxylic acids is 1. The first-order valence-electron chi connectivity index (χ1n) is 8.49. The minimum atomic E-state index is -0.201. The van der Waals surface area contributed by atoms with E-state index in [0.717, 1.165) is 37.2 Å². The van der Waals surface area contributed by atoms with Crippen LogP contribution in [0.4, 0.5) is 0 Å². The van der Waals surface area contributed by atoms with E-state index >= 15 is 0 Å². The van der Waals surface area contributed by atoms with Gasteiger partial charge in [-0.15, -0.1) is 0 Å². The highest BCUT2D eigenvalue weighted by atomic mass is 16.5. The Kier molecular flexibility index (Phi) is 5.18. The summed E-state index contributed by atoms with van der Waals surface area (Å²) in [6.07, 6.45) is 3.67. The van der Waals surface area contributed by atoms with Crippen LogP contribution in [0.1, 0.15) is 37.3 Å². The van der Waals surface area contributed by atoms with Crippen molar-refractivity contribution in [3.05, 3.63) is 29.8 Å². The van der Waals surface area contributed by atoms with Gasteiger partial charge >= 0.3 is 0 Å². The summed E-state index contributed by atoms with van der Waals surface area (Å²) in [4.78, 5) is 14.5. The monoisotopic (exact) mass is 318 g/mol. The number of aliphatic hydroxyl groups excluding tert-OH is 1. The second-order valence-electron chi connectivity index (χ2n) is 6.66. The molecule has 126 valence electrons. The van der Waals surface area contributed by atoms with Gasteiger partial charge in [-0.3, -0.25) is 9.69 Å². The zero-order valence-electron chi connectivity index (χ0n) is 13.7. The number of benzene rings is 1. The molecular weight excluding hydrogens is 292 g/mol. The molecule has 1 atom stereocenters. The maximum atomic E-state index is 12.4. The molecule has 0 spiro atoms. The summed E-state index contributed by atoms with van der Waals surface area (Å²) in [5.74, 6) is 1.46. The lowest BCUT2D eigenvalue weighted by Crippen LogP contribution is -2.43. The van der Waals surface area contributed by atoms with Crippen molar-refractivity contribution in [2.45, 2.75) is 37.8 Å². The molecule has 1 saturated heterocycles. The third kappa shape index (κ3) is 4.45. The highest BCUT2D eigenvalue weighted by molar-refractivity contribution is 5.78. The molecule has 0 bridgehead atoms. The molecule has 2 aliphatic rings. The Morgan fingerprint density at radius 1 is 1.26 bits per heavy atom. The summed E-state index contributed by atoms with van der Waals surface area (Å²) in [6.45, 7) is 2.02. The second kappa shape index (κ2) is 7.32. The van der Waals surface area contributed by atoms with Crippen molar-refractivity contribution >= 4 is 5.91 Å². The number of amides is 1. The van der Waals surface area contributed by atoms with E-state index in [4.69, 9.17) is 4.74 Å². The largest absolute Gasteiger partial charge is 0.497 e.